The molecule has 0 aliphatic rings. The van der Waals surface area contributed by atoms with Gasteiger partial charge in [0.25, 0.3) is 0 Å². The van der Waals surface area contributed by atoms with E-state index in [0.717, 1.165) is 5.56 Å². The van der Waals surface area contributed by atoms with E-state index in [4.69, 9.17) is 0 Å². The first-order valence-electron chi connectivity index (χ1n) is 7.84. The molecule has 2 aromatic heterocycles. The van der Waals surface area contributed by atoms with Crippen LogP contribution in [0.1, 0.15) is 6.92 Å². The summed E-state index contributed by atoms with van der Waals surface area (Å²) in [6.45, 7) is 1.76. The van der Waals surface area contributed by atoms with Crippen LogP contribution in [-0.4, -0.2) is 32.7 Å². The monoisotopic (exact) mass is 339 g/mol. The number of rotatable bonds is 6. The van der Waals surface area contributed by atoms with Crippen LogP contribution in [0.5, 0.6) is 0 Å². The second-order valence-electron chi connectivity index (χ2n) is 5.53. The maximum atomic E-state index is 13.9. The number of para-hydroxylation sites is 1. The van der Waals surface area contributed by atoms with Crippen molar-refractivity contribution in [2.75, 3.05) is 17.2 Å². The van der Waals surface area contributed by atoms with E-state index >= 15 is 0 Å². The van der Waals surface area contributed by atoms with Crippen LogP contribution in [0, 0.1) is 5.82 Å². The Bertz CT molecular complexity index is 844. The van der Waals surface area contributed by atoms with Gasteiger partial charge in [-0.1, -0.05) is 12.1 Å². The number of benzene rings is 1. The van der Waals surface area contributed by atoms with Gasteiger partial charge in [-0.05, 0) is 31.2 Å². The molecule has 0 spiro atoms. The normalized spacial score (nSPS) is 11.8. The number of anilines is 3. The number of aliphatic hydroxyl groups is 1. The minimum absolute atomic E-state index is 0.0566. The summed E-state index contributed by atoms with van der Waals surface area (Å²) in [7, 11) is 0. The molecule has 3 N–H and O–H groups in total. The number of nitrogens with zero attached hydrogens (tertiary/aromatic N) is 3. The van der Waals surface area contributed by atoms with Crippen molar-refractivity contribution >= 4 is 17.5 Å². The van der Waals surface area contributed by atoms with Crippen LogP contribution in [0.4, 0.5) is 21.8 Å². The molecular weight excluding hydrogens is 321 g/mol. The molecule has 0 unspecified atom stereocenters. The van der Waals surface area contributed by atoms with Crippen LogP contribution in [0.2, 0.25) is 0 Å². The fourth-order valence-electron chi connectivity index (χ4n) is 2.21. The molecular formula is C18H18FN5O. The Kier molecular flexibility index (Phi) is 5.15. The molecule has 0 saturated carbocycles. The average Bonchev–Trinajstić information content (AvgIpc) is 2.64. The predicted octanol–water partition coefficient (Wildman–Crippen LogP) is 3.21. The van der Waals surface area contributed by atoms with E-state index < -0.39 is 0 Å². The van der Waals surface area contributed by atoms with Gasteiger partial charge in [-0.2, -0.15) is 4.98 Å². The van der Waals surface area contributed by atoms with Gasteiger partial charge < -0.3 is 15.7 Å². The Labute approximate surface area is 144 Å². The maximum absolute atomic E-state index is 13.9. The second kappa shape index (κ2) is 7.67. The van der Waals surface area contributed by atoms with Crippen LogP contribution < -0.4 is 10.6 Å². The fraction of sp³-hybridized carbons (Fsp3) is 0.167. The third-order valence-corrected chi connectivity index (χ3v) is 3.49. The van der Waals surface area contributed by atoms with Gasteiger partial charge in [-0.3, -0.25) is 4.98 Å². The summed E-state index contributed by atoms with van der Waals surface area (Å²) in [5, 5.41) is 15.2. The SMILES string of the molecule is C[C@@H](CO)Nc1nc(Nc2ccccc2F)cc(-c2ccncc2)n1. The zero-order valence-corrected chi connectivity index (χ0v) is 13.6. The molecule has 6 nitrogen and oxygen atoms in total. The summed E-state index contributed by atoms with van der Waals surface area (Å²) in [5.41, 5.74) is 1.83. The molecule has 3 aromatic rings. The Balaban J connectivity index is 1.99. The van der Waals surface area contributed by atoms with Crippen molar-refractivity contribution in [3.05, 3.63) is 60.7 Å². The number of halogens is 1. The summed E-state index contributed by atoms with van der Waals surface area (Å²) in [6, 6.07) is 11.5. The largest absolute Gasteiger partial charge is 0.394 e. The highest BCUT2D eigenvalue weighted by molar-refractivity contribution is 5.67. The molecule has 0 radical (unpaired) electrons. The molecule has 0 amide bonds. The van der Waals surface area contributed by atoms with Crippen LogP contribution >= 0.6 is 0 Å². The van der Waals surface area contributed by atoms with Crippen LogP contribution in [-0.2, 0) is 0 Å². The lowest BCUT2D eigenvalue weighted by atomic mass is 10.2. The van der Waals surface area contributed by atoms with E-state index in [1.165, 1.54) is 6.07 Å². The predicted molar refractivity (Wildman–Crippen MR) is 95.1 cm³/mol. The van der Waals surface area contributed by atoms with Crippen LogP contribution in [0.25, 0.3) is 11.3 Å². The van der Waals surface area contributed by atoms with E-state index in [1.807, 2.05) is 19.1 Å². The molecule has 1 atom stereocenters. The molecule has 0 bridgehead atoms. The zero-order valence-electron chi connectivity index (χ0n) is 13.6. The Morgan fingerprint density at radius 3 is 2.60 bits per heavy atom. The topological polar surface area (TPSA) is 83.0 Å². The quantitative estimate of drug-likeness (QED) is 0.640. The first-order valence-corrected chi connectivity index (χ1v) is 7.84. The van der Waals surface area contributed by atoms with Gasteiger partial charge in [0.15, 0.2) is 0 Å². The molecule has 1 aromatic carbocycles. The zero-order chi connectivity index (χ0) is 17.6. The average molecular weight is 339 g/mol. The van der Waals surface area contributed by atoms with Gasteiger partial charge in [0.1, 0.15) is 11.6 Å². The highest BCUT2D eigenvalue weighted by Crippen LogP contribution is 2.24. The Morgan fingerprint density at radius 1 is 1.12 bits per heavy atom. The molecule has 7 heteroatoms. The molecule has 0 saturated heterocycles. The minimum atomic E-state index is -0.371. The lowest BCUT2D eigenvalue weighted by molar-refractivity contribution is 0.281. The molecule has 0 aliphatic carbocycles. The Hall–Kier alpha value is -3.06. The highest BCUT2D eigenvalue weighted by Gasteiger charge is 2.10. The summed E-state index contributed by atoms with van der Waals surface area (Å²) >= 11 is 0. The van der Waals surface area contributed by atoms with Crippen molar-refractivity contribution in [1.82, 2.24) is 15.0 Å². The van der Waals surface area contributed by atoms with Crippen molar-refractivity contribution in [3.8, 4) is 11.3 Å². The number of hydrogen-bond acceptors (Lipinski definition) is 6. The van der Waals surface area contributed by atoms with Crippen molar-refractivity contribution in [3.63, 3.8) is 0 Å². The second-order valence-corrected chi connectivity index (χ2v) is 5.53. The molecule has 0 aliphatic heterocycles. The number of pyridine rings is 1. The van der Waals surface area contributed by atoms with Gasteiger partial charge >= 0.3 is 0 Å². The van der Waals surface area contributed by atoms with E-state index in [9.17, 15) is 9.50 Å². The Morgan fingerprint density at radius 2 is 1.88 bits per heavy atom. The summed E-state index contributed by atoms with van der Waals surface area (Å²) in [4.78, 5) is 12.8. The van der Waals surface area contributed by atoms with Crippen molar-refractivity contribution < 1.29 is 9.50 Å². The maximum Gasteiger partial charge on any atom is 0.225 e. The molecule has 3 rings (SSSR count). The van der Waals surface area contributed by atoms with E-state index in [0.29, 0.717) is 23.1 Å². The van der Waals surface area contributed by atoms with Gasteiger partial charge in [-0.15, -0.1) is 0 Å². The molecule has 0 fully saturated rings. The summed E-state index contributed by atoms with van der Waals surface area (Å²) in [5.74, 6) is 0.416. The van der Waals surface area contributed by atoms with E-state index in [-0.39, 0.29) is 18.5 Å². The highest BCUT2D eigenvalue weighted by atomic mass is 19.1. The van der Waals surface area contributed by atoms with E-state index in [1.54, 1.807) is 36.7 Å². The fourth-order valence-corrected chi connectivity index (χ4v) is 2.21. The third-order valence-electron chi connectivity index (χ3n) is 3.49. The molecule has 128 valence electrons. The van der Waals surface area contributed by atoms with Crippen molar-refractivity contribution in [2.24, 2.45) is 0 Å². The smallest absolute Gasteiger partial charge is 0.225 e. The minimum Gasteiger partial charge on any atom is -0.394 e. The first-order chi connectivity index (χ1) is 12.2. The van der Waals surface area contributed by atoms with Crippen LogP contribution in [0.15, 0.2) is 54.9 Å². The standard InChI is InChI=1S/C18H18FN5O/c1-12(11-25)21-18-23-16(13-6-8-20-9-7-13)10-17(24-18)22-15-5-3-2-4-14(15)19/h2-10,12,25H,11H2,1H3,(H2,21,22,23,24)/t12-/m0/s1. The number of hydrogen-bond donors (Lipinski definition) is 3. The first kappa shape index (κ1) is 16.8. The lowest BCUT2D eigenvalue weighted by Crippen LogP contribution is -2.21. The number of aliphatic hydroxyl groups excluding tert-OH is 1. The van der Waals surface area contributed by atoms with Crippen molar-refractivity contribution in [1.29, 1.82) is 0 Å². The van der Waals surface area contributed by atoms with Gasteiger partial charge in [-0.25, -0.2) is 9.37 Å². The summed E-state index contributed by atoms with van der Waals surface area (Å²) in [6.07, 6.45) is 3.34. The number of aromatic nitrogens is 3. The third kappa shape index (κ3) is 4.27. The van der Waals surface area contributed by atoms with Gasteiger partial charge in [0, 0.05) is 30.1 Å². The summed E-state index contributed by atoms with van der Waals surface area (Å²) < 4.78 is 13.9. The van der Waals surface area contributed by atoms with Gasteiger partial charge in [0.05, 0.1) is 18.0 Å². The molecule has 2 heterocycles. The van der Waals surface area contributed by atoms with Crippen molar-refractivity contribution in [2.45, 2.75) is 13.0 Å². The lowest BCUT2D eigenvalue weighted by Gasteiger charge is -2.14. The van der Waals surface area contributed by atoms with Crippen LogP contribution in [0.3, 0.4) is 0 Å². The number of nitrogens with one attached hydrogen (secondary N) is 2. The van der Waals surface area contributed by atoms with E-state index in [2.05, 4.69) is 25.6 Å². The molecule has 25 heavy (non-hydrogen) atoms. The van der Waals surface area contributed by atoms with Gasteiger partial charge in [0.2, 0.25) is 5.95 Å².